The van der Waals surface area contributed by atoms with Crippen LogP contribution in [0.15, 0.2) is 51.6 Å². The average Bonchev–Trinajstić information content (AvgIpc) is 3.52. The fourth-order valence-corrected chi connectivity index (χ4v) is 5.28. The number of hydrogen-bond donors (Lipinski definition) is 1. The molecule has 0 aromatic heterocycles. The van der Waals surface area contributed by atoms with Crippen LogP contribution in [0.2, 0.25) is 0 Å². The van der Waals surface area contributed by atoms with E-state index in [4.69, 9.17) is 18.9 Å². The van der Waals surface area contributed by atoms with E-state index in [1.54, 1.807) is 21.1 Å². The fraction of sp³-hybridized carbons (Fsp3) is 0.480. The molecule has 2 atom stereocenters. The van der Waals surface area contributed by atoms with Gasteiger partial charge in [0.05, 0.1) is 43.6 Å². The van der Waals surface area contributed by atoms with Gasteiger partial charge in [0.25, 0.3) is 0 Å². The maximum Gasteiger partial charge on any atom is 0.338 e. The Morgan fingerprint density at radius 2 is 2.14 bits per heavy atom. The summed E-state index contributed by atoms with van der Waals surface area (Å²) in [5, 5.41) is 5.61. The predicted molar refractivity (Wildman–Crippen MR) is 133 cm³/mol. The van der Waals surface area contributed by atoms with Gasteiger partial charge < -0.3 is 29.2 Å². The Labute approximate surface area is 209 Å². The highest BCUT2D eigenvalue weighted by atomic mass is 32.2. The van der Waals surface area contributed by atoms with Gasteiger partial charge in [-0.1, -0.05) is 23.9 Å². The number of carbonyl (C=O) groups excluding carboxylic acids is 2. The minimum atomic E-state index is -0.514. The molecule has 0 aliphatic carbocycles. The highest BCUT2D eigenvalue weighted by Crippen LogP contribution is 2.45. The Kier molecular flexibility index (Phi) is 8.48. The summed E-state index contributed by atoms with van der Waals surface area (Å²) in [5.74, 6) is 0.103. The number of thioether (sulfide) groups is 1. The normalized spacial score (nSPS) is 21.4. The molecule has 1 fully saturated rings. The van der Waals surface area contributed by atoms with Gasteiger partial charge in [0.1, 0.15) is 12.4 Å². The number of hydrogen-bond acceptors (Lipinski definition) is 9. The second-order valence-corrected chi connectivity index (χ2v) is 9.25. The zero-order chi connectivity index (χ0) is 24.8. The number of amides is 1. The van der Waals surface area contributed by atoms with Gasteiger partial charge in [0.2, 0.25) is 5.91 Å². The van der Waals surface area contributed by atoms with Crippen molar-refractivity contribution in [3.63, 3.8) is 0 Å². The van der Waals surface area contributed by atoms with E-state index in [0.717, 1.165) is 30.7 Å². The van der Waals surface area contributed by atoms with Crippen LogP contribution >= 0.6 is 11.8 Å². The zero-order valence-corrected chi connectivity index (χ0v) is 21.1. The molecule has 3 aliphatic rings. The first-order valence-electron chi connectivity index (χ1n) is 11.6. The predicted octanol–water partition coefficient (Wildman–Crippen LogP) is 3.15. The van der Waals surface area contributed by atoms with Gasteiger partial charge in [-0.3, -0.25) is 4.79 Å². The number of benzene rings is 1. The minimum Gasteiger partial charge on any atom is -0.497 e. The van der Waals surface area contributed by atoms with Crippen LogP contribution in [-0.2, 0) is 23.8 Å². The molecule has 2 unspecified atom stereocenters. The van der Waals surface area contributed by atoms with E-state index in [9.17, 15) is 9.59 Å². The third kappa shape index (κ3) is 5.88. The van der Waals surface area contributed by atoms with Crippen molar-refractivity contribution in [2.24, 2.45) is 4.99 Å². The molecule has 1 aromatic carbocycles. The standard InChI is InChI=1S/C25H31N3O6S/c1-16-22(24(30)34-11-10-31-2)23(17-6-4-7-19(12-17)32-3)28-18(15-35-25(28)27-16)13-21(29)26-14-20-8-5-9-33-20/h4,6-7,12,15,20,23H,5,8-11,13-14H2,1-3H3,(H,26,29). The molecule has 10 heteroatoms. The van der Waals surface area contributed by atoms with Crippen LogP contribution < -0.4 is 10.1 Å². The van der Waals surface area contributed by atoms with Crippen molar-refractivity contribution < 1.29 is 28.5 Å². The van der Waals surface area contributed by atoms with E-state index in [-0.39, 0.29) is 25.0 Å². The number of allylic oxidation sites excluding steroid dienone is 1. The fourth-order valence-electron chi connectivity index (χ4n) is 4.31. The Hall–Kier alpha value is -2.82. The van der Waals surface area contributed by atoms with Gasteiger partial charge in [0.15, 0.2) is 5.17 Å². The summed E-state index contributed by atoms with van der Waals surface area (Å²) >= 11 is 1.44. The molecule has 0 bridgehead atoms. The number of esters is 1. The van der Waals surface area contributed by atoms with Gasteiger partial charge in [-0.15, -0.1) is 0 Å². The van der Waals surface area contributed by atoms with Crippen molar-refractivity contribution in [3.8, 4) is 5.75 Å². The van der Waals surface area contributed by atoms with Gasteiger partial charge >= 0.3 is 5.97 Å². The van der Waals surface area contributed by atoms with Crippen LogP contribution in [0, 0.1) is 0 Å². The third-order valence-electron chi connectivity index (χ3n) is 6.04. The summed E-state index contributed by atoms with van der Waals surface area (Å²) in [6, 6.07) is 7.04. The van der Waals surface area contributed by atoms with Gasteiger partial charge in [-0.25, -0.2) is 9.79 Å². The Morgan fingerprint density at radius 3 is 2.89 bits per heavy atom. The van der Waals surface area contributed by atoms with Crippen LogP contribution in [0.3, 0.4) is 0 Å². The largest absolute Gasteiger partial charge is 0.497 e. The molecule has 0 radical (unpaired) electrons. The molecule has 4 rings (SSSR count). The first-order valence-corrected chi connectivity index (χ1v) is 12.5. The second-order valence-electron chi connectivity index (χ2n) is 8.41. The molecule has 35 heavy (non-hydrogen) atoms. The number of aliphatic imine (C=N–C) groups is 1. The highest BCUT2D eigenvalue weighted by molar-refractivity contribution is 8.16. The zero-order valence-electron chi connectivity index (χ0n) is 20.2. The Balaban J connectivity index is 1.60. The lowest BCUT2D eigenvalue weighted by Crippen LogP contribution is -2.39. The van der Waals surface area contributed by atoms with Crippen molar-refractivity contribution in [2.45, 2.75) is 38.3 Å². The molecule has 1 N–H and O–H groups in total. The van der Waals surface area contributed by atoms with Crippen molar-refractivity contribution >= 4 is 28.8 Å². The number of amidine groups is 1. The van der Waals surface area contributed by atoms with E-state index in [1.807, 2.05) is 34.6 Å². The smallest absolute Gasteiger partial charge is 0.338 e. The molecular formula is C25H31N3O6S. The quantitative estimate of drug-likeness (QED) is 0.386. The van der Waals surface area contributed by atoms with Crippen LogP contribution in [0.5, 0.6) is 5.75 Å². The van der Waals surface area contributed by atoms with Crippen molar-refractivity contribution in [3.05, 3.63) is 52.2 Å². The molecule has 1 amide bonds. The van der Waals surface area contributed by atoms with Crippen LogP contribution in [0.1, 0.15) is 37.8 Å². The Morgan fingerprint density at radius 1 is 1.29 bits per heavy atom. The van der Waals surface area contributed by atoms with Crippen molar-refractivity contribution in [1.82, 2.24) is 10.2 Å². The molecule has 9 nitrogen and oxygen atoms in total. The second kappa shape index (κ2) is 11.7. The number of nitrogens with zero attached hydrogens (tertiary/aromatic N) is 2. The number of rotatable bonds is 10. The SMILES string of the molecule is COCCOC(=O)C1=C(C)N=C2SC=C(CC(=O)NCC3CCCO3)N2C1c1cccc(OC)c1. The monoisotopic (exact) mass is 501 g/mol. The number of ether oxygens (including phenoxy) is 4. The lowest BCUT2D eigenvalue weighted by molar-refractivity contribution is -0.141. The first-order chi connectivity index (χ1) is 17.0. The first kappa shape index (κ1) is 25.3. The van der Waals surface area contributed by atoms with Crippen LogP contribution in [0.25, 0.3) is 0 Å². The molecular weight excluding hydrogens is 470 g/mol. The van der Waals surface area contributed by atoms with E-state index < -0.39 is 12.0 Å². The van der Waals surface area contributed by atoms with Crippen LogP contribution in [0.4, 0.5) is 0 Å². The summed E-state index contributed by atoms with van der Waals surface area (Å²) in [4.78, 5) is 32.6. The third-order valence-corrected chi connectivity index (χ3v) is 6.93. The number of methoxy groups -OCH3 is 2. The van der Waals surface area contributed by atoms with E-state index in [2.05, 4.69) is 10.3 Å². The summed E-state index contributed by atoms with van der Waals surface area (Å²) in [6.07, 6.45) is 2.21. The van der Waals surface area contributed by atoms with Crippen molar-refractivity contribution in [2.75, 3.05) is 40.6 Å². The molecule has 1 aromatic rings. The number of fused-ring (bicyclic) bond motifs is 1. The van der Waals surface area contributed by atoms with Gasteiger partial charge in [0, 0.05) is 26.0 Å². The van der Waals surface area contributed by atoms with Crippen molar-refractivity contribution in [1.29, 1.82) is 0 Å². The maximum absolute atomic E-state index is 13.2. The van der Waals surface area contributed by atoms with Gasteiger partial charge in [-0.2, -0.15) is 0 Å². The Bertz CT molecular complexity index is 1050. The van der Waals surface area contributed by atoms with Gasteiger partial charge in [-0.05, 0) is 42.9 Å². The lowest BCUT2D eigenvalue weighted by atomic mass is 9.93. The maximum atomic E-state index is 13.2. The highest BCUT2D eigenvalue weighted by Gasteiger charge is 2.41. The molecule has 0 saturated carbocycles. The summed E-state index contributed by atoms with van der Waals surface area (Å²) in [5.41, 5.74) is 2.60. The number of nitrogens with one attached hydrogen (secondary N) is 1. The molecule has 188 valence electrons. The summed E-state index contributed by atoms with van der Waals surface area (Å²) < 4.78 is 21.6. The average molecular weight is 502 g/mol. The van der Waals surface area contributed by atoms with Crippen LogP contribution in [-0.4, -0.2) is 68.6 Å². The lowest BCUT2D eigenvalue weighted by Gasteiger charge is -2.36. The van der Waals surface area contributed by atoms with E-state index in [0.29, 0.717) is 35.3 Å². The molecule has 1 saturated heterocycles. The molecule has 0 spiro atoms. The van der Waals surface area contributed by atoms with E-state index in [1.165, 1.54) is 11.8 Å². The summed E-state index contributed by atoms with van der Waals surface area (Å²) in [6.45, 7) is 3.47. The minimum absolute atomic E-state index is 0.0709. The topological polar surface area (TPSA) is 98.7 Å². The number of carbonyl (C=O) groups is 2. The molecule has 3 aliphatic heterocycles. The van der Waals surface area contributed by atoms with E-state index >= 15 is 0 Å². The molecule has 3 heterocycles. The summed E-state index contributed by atoms with van der Waals surface area (Å²) in [7, 11) is 3.15.